The number of hydrogen-bond donors (Lipinski definition) is 0. The zero-order chi connectivity index (χ0) is 36.2. The zero-order valence-electron chi connectivity index (χ0n) is 33.1. The van der Waals surface area contributed by atoms with Crippen LogP contribution in [0, 0.1) is 41.5 Å². The molecule has 0 unspecified atom stereocenters. The average Bonchev–Trinajstić information content (AvgIpc) is 3.06. The number of hydrogen-bond acceptors (Lipinski definition) is 1. The Hall–Kier alpha value is -2.56. The smallest absolute Gasteiger partial charge is 0.235 e. The van der Waals surface area contributed by atoms with E-state index in [1.807, 2.05) is 12.1 Å². The van der Waals surface area contributed by atoms with E-state index in [0.29, 0.717) is 0 Å². The molecule has 0 heterocycles. The molecule has 0 atom stereocenters. The average molecular weight is 684 g/mol. The van der Waals surface area contributed by atoms with Crippen molar-refractivity contribution < 1.29 is 8.80 Å². The summed E-state index contributed by atoms with van der Waals surface area (Å²) < 4.78 is 19.8. The van der Waals surface area contributed by atoms with Crippen molar-refractivity contribution in [3.05, 3.63) is 94.0 Å². The Morgan fingerprint density at radius 1 is 0.571 bits per heavy atom. The standard InChI is InChI=1S/C29H31BFS.C16H36N/c1-18-14-20(3)28(21(4)15-18)30(31,29-22(5)16-19(2)17-23(29)6)25-12-8-10-24-11-9-13-26(32-7)27(24)25;1-5-9-13-17(14-10-6-2,15-11-7-3)16-12-8-4/h8-17H,1-7H3;5-16H2,1-4H3/q-1;+1. The van der Waals surface area contributed by atoms with Crippen molar-refractivity contribution in [3.63, 3.8) is 0 Å². The summed E-state index contributed by atoms with van der Waals surface area (Å²) in [6.07, 6.45) is 10.4. The quantitative estimate of drug-likeness (QED) is 0.0643. The van der Waals surface area contributed by atoms with Gasteiger partial charge in [-0.25, -0.2) is 0 Å². The molecule has 0 fully saturated rings. The summed E-state index contributed by atoms with van der Waals surface area (Å²) >= 11 is 1.68. The molecule has 49 heavy (non-hydrogen) atoms. The molecule has 0 N–H and O–H groups in total. The molecule has 0 radical (unpaired) electrons. The number of nitrogens with zero attached hydrogens (tertiary/aromatic N) is 1. The van der Waals surface area contributed by atoms with Crippen LogP contribution < -0.4 is 16.4 Å². The van der Waals surface area contributed by atoms with Crippen molar-refractivity contribution in [2.24, 2.45) is 0 Å². The zero-order valence-corrected chi connectivity index (χ0v) is 33.9. The van der Waals surface area contributed by atoms with Crippen LogP contribution in [0.2, 0.25) is 0 Å². The lowest BCUT2D eigenvalue weighted by Gasteiger charge is -2.42. The van der Waals surface area contributed by atoms with Gasteiger partial charge in [-0.15, -0.1) is 11.8 Å². The van der Waals surface area contributed by atoms with Gasteiger partial charge in [0.05, 0.1) is 26.2 Å². The number of benzene rings is 4. The Kier molecular flexibility index (Phi) is 16.0. The highest BCUT2D eigenvalue weighted by Gasteiger charge is 2.36. The van der Waals surface area contributed by atoms with Gasteiger partial charge in [0.2, 0.25) is 6.42 Å². The predicted molar refractivity (Wildman–Crippen MR) is 222 cm³/mol. The molecule has 0 aliphatic heterocycles. The van der Waals surface area contributed by atoms with Crippen LogP contribution in [0.3, 0.4) is 0 Å². The van der Waals surface area contributed by atoms with E-state index in [1.165, 1.54) is 93.2 Å². The Balaban J connectivity index is 0.000000326. The van der Waals surface area contributed by atoms with Crippen LogP contribution in [0.1, 0.15) is 112 Å². The Labute approximate surface area is 305 Å². The molecule has 4 rings (SSSR count). The van der Waals surface area contributed by atoms with E-state index in [2.05, 4.69) is 124 Å². The molecule has 4 aromatic carbocycles. The van der Waals surface area contributed by atoms with Gasteiger partial charge in [0, 0.05) is 4.90 Å². The van der Waals surface area contributed by atoms with Crippen molar-refractivity contribution in [3.8, 4) is 0 Å². The maximum atomic E-state index is 18.4. The molecule has 0 saturated carbocycles. The second-order valence-electron chi connectivity index (χ2n) is 14.9. The van der Waals surface area contributed by atoms with E-state index >= 15 is 4.32 Å². The lowest BCUT2D eigenvalue weighted by atomic mass is 9.28. The first-order valence-electron chi connectivity index (χ1n) is 19.3. The summed E-state index contributed by atoms with van der Waals surface area (Å²) in [4.78, 5) is 1.12. The third kappa shape index (κ3) is 9.82. The van der Waals surface area contributed by atoms with Gasteiger partial charge in [-0.1, -0.05) is 141 Å². The first-order chi connectivity index (χ1) is 23.4. The van der Waals surface area contributed by atoms with E-state index in [0.717, 1.165) is 54.3 Å². The number of thioether (sulfide) groups is 1. The van der Waals surface area contributed by atoms with Gasteiger partial charge in [0.1, 0.15) is 0 Å². The van der Waals surface area contributed by atoms with Gasteiger partial charge in [0.15, 0.2) is 0 Å². The lowest BCUT2D eigenvalue weighted by molar-refractivity contribution is -0.929. The number of fused-ring (bicyclic) bond motifs is 1. The van der Waals surface area contributed by atoms with Gasteiger partial charge in [-0.05, 0) is 90.3 Å². The number of quaternary nitrogens is 1. The molecular weight excluding hydrogens is 616 g/mol. The van der Waals surface area contributed by atoms with Crippen molar-refractivity contribution in [2.75, 3.05) is 32.4 Å². The number of halogens is 1. The molecular formula is C45H67BFNS. The fourth-order valence-corrected chi connectivity index (χ4v) is 9.23. The normalized spacial score (nSPS) is 11.9. The largest absolute Gasteiger partial charge is 0.498 e. The summed E-state index contributed by atoms with van der Waals surface area (Å²) in [6.45, 7) is 27.4. The van der Waals surface area contributed by atoms with E-state index in [9.17, 15) is 0 Å². The number of unbranched alkanes of at least 4 members (excludes halogenated alkanes) is 4. The van der Waals surface area contributed by atoms with Crippen molar-refractivity contribution in [1.29, 1.82) is 0 Å². The number of aryl methyl sites for hydroxylation is 6. The van der Waals surface area contributed by atoms with E-state index in [1.54, 1.807) is 11.8 Å². The second-order valence-corrected chi connectivity index (χ2v) is 15.8. The highest BCUT2D eigenvalue weighted by molar-refractivity contribution is 7.98. The van der Waals surface area contributed by atoms with Crippen LogP contribution in [0.25, 0.3) is 10.8 Å². The molecule has 0 aromatic heterocycles. The maximum Gasteiger partial charge on any atom is 0.235 e. The van der Waals surface area contributed by atoms with E-state index < -0.39 is 6.42 Å². The predicted octanol–water partition coefficient (Wildman–Crippen LogP) is 11.4. The van der Waals surface area contributed by atoms with E-state index in [-0.39, 0.29) is 0 Å². The third-order valence-electron chi connectivity index (χ3n) is 10.8. The molecule has 0 saturated heterocycles. The Morgan fingerprint density at radius 2 is 0.939 bits per heavy atom. The van der Waals surface area contributed by atoms with Gasteiger partial charge < -0.3 is 8.80 Å². The highest BCUT2D eigenvalue weighted by atomic mass is 32.2. The van der Waals surface area contributed by atoms with Crippen molar-refractivity contribution in [1.82, 2.24) is 0 Å². The Morgan fingerprint density at radius 3 is 1.29 bits per heavy atom. The summed E-state index contributed by atoms with van der Waals surface area (Å²) in [5, 5.41) is 2.12. The molecule has 0 aliphatic carbocycles. The topological polar surface area (TPSA) is 0 Å². The van der Waals surface area contributed by atoms with Crippen LogP contribution in [-0.4, -0.2) is 43.3 Å². The molecule has 0 aliphatic rings. The minimum Gasteiger partial charge on any atom is -0.498 e. The SMILES string of the molecule is CCCC[N+](CCCC)(CCCC)CCCC.CSc1cccc2cccc([B-](F)(c3c(C)cc(C)cc3C)c3c(C)cc(C)cc3C)c12. The molecule has 0 bridgehead atoms. The minimum absolute atomic E-state index is 0.789. The van der Waals surface area contributed by atoms with Gasteiger partial charge in [-0.2, -0.15) is 16.4 Å². The highest BCUT2D eigenvalue weighted by Crippen LogP contribution is 2.29. The van der Waals surface area contributed by atoms with Crippen molar-refractivity contribution in [2.45, 2.75) is 125 Å². The third-order valence-corrected chi connectivity index (χ3v) is 11.5. The molecule has 4 heteroatoms. The lowest BCUT2D eigenvalue weighted by Crippen LogP contribution is -2.67. The molecule has 268 valence electrons. The van der Waals surface area contributed by atoms with Crippen LogP contribution in [0.4, 0.5) is 4.32 Å². The first kappa shape index (κ1) is 40.9. The first-order valence-corrected chi connectivity index (χ1v) is 20.6. The van der Waals surface area contributed by atoms with Crippen LogP contribution >= 0.6 is 11.8 Å². The monoisotopic (exact) mass is 684 g/mol. The van der Waals surface area contributed by atoms with E-state index in [4.69, 9.17) is 0 Å². The number of rotatable bonds is 16. The fourth-order valence-electron chi connectivity index (χ4n) is 8.57. The molecule has 1 nitrogen and oxygen atoms in total. The minimum atomic E-state index is -2.70. The van der Waals surface area contributed by atoms with Gasteiger partial charge in [-0.3, -0.25) is 0 Å². The van der Waals surface area contributed by atoms with Crippen LogP contribution in [-0.2, 0) is 0 Å². The second kappa shape index (κ2) is 19.2. The fraction of sp³-hybridized carbons (Fsp3) is 0.511. The molecule has 0 amide bonds. The maximum absolute atomic E-state index is 18.4. The van der Waals surface area contributed by atoms with Crippen LogP contribution in [0.15, 0.2) is 65.6 Å². The molecule has 0 spiro atoms. The van der Waals surface area contributed by atoms with Gasteiger partial charge >= 0.3 is 0 Å². The molecule has 4 aromatic rings. The summed E-state index contributed by atoms with van der Waals surface area (Å²) in [6, 6.07) is 20.9. The summed E-state index contributed by atoms with van der Waals surface area (Å²) in [5.41, 5.74) is 8.85. The Bertz CT molecular complexity index is 1500. The summed E-state index contributed by atoms with van der Waals surface area (Å²) in [5.74, 6) is 0. The summed E-state index contributed by atoms with van der Waals surface area (Å²) in [7, 11) is 0. The van der Waals surface area contributed by atoms with Crippen LogP contribution in [0.5, 0.6) is 0 Å². The van der Waals surface area contributed by atoms with Gasteiger partial charge in [0.25, 0.3) is 0 Å². The van der Waals surface area contributed by atoms with Crippen molar-refractivity contribution >= 4 is 45.3 Å².